The van der Waals surface area contributed by atoms with E-state index in [-0.39, 0.29) is 12.1 Å². The van der Waals surface area contributed by atoms with Gasteiger partial charge in [0, 0.05) is 29.8 Å². The summed E-state index contributed by atoms with van der Waals surface area (Å²) in [5.41, 5.74) is 9.55. The molecule has 1 fully saturated rings. The van der Waals surface area contributed by atoms with Gasteiger partial charge in [-0.25, -0.2) is 0 Å². The van der Waals surface area contributed by atoms with E-state index in [2.05, 4.69) is 84.9 Å². The van der Waals surface area contributed by atoms with Crippen LogP contribution >= 0.6 is 12.2 Å². The van der Waals surface area contributed by atoms with E-state index < -0.39 is 0 Å². The van der Waals surface area contributed by atoms with Crippen molar-refractivity contribution < 1.29 is 4.74 Å². The third-order valence-corrected chi connectivity index (χ3v) is 7.32. The van der Waals surface area contributed by atoms with Crippen LogP contribution in [0.2, 0.25) is 0 Å². The third-order valence-electron chi connectivity index (χ3n) is 6.96. The van der Waals surface area contributed by atoms with Crippen LogP contribution in [0, 0.1) is 27.7 Å². The summed E-state index contributed by atoms with van der Waals surface area (Å²) in [4.78, 5) is 7.00. The summed E-state index contributed by atoms with van der Waals surface area (Å²) in [7, 11) is 1.69. The first kappa shape index (κ1) is 24.1. The molecule has 0 bridgehead atoms. The van der Waals surface area contributed by atoms with Crippen LogP contribution < -0.4 is 10.1 Å². The molecule has 184 valence electrons. The maximum absolute atomic E-state index is 5.91. The molecular formula is C30H32N4OS. The maximum atomic E-state index is 5.91. The summed E-state index contributed by atoms with van der Waals surface area (Å²) in [6, 6.07) is 23.2. The van der Waals surface area contributed by atoms with E-state index >= 15 is 0 Å². The second kappa shape index (κ2) is 9.78. The number of rotatable bonds is 6. The second-order valence-electron chi connectivity index (χ2n) is 9.61. The molecule has 36 heavy (non-hydrogen) atoms. The van der Waals surface area contributed by atoms with E-state index in [9.17, 15) is 0 Å². The fraction of sp³-hybridized carbons (Fsp3) is 0.267. The van der Waals surface area contributed by atoms with E-state index in [4.69, 9.17) is 21.9 Å². The van der Waals surface area contributed by atoms with Crippen molar-refractivity contribution in [3.63, 3.8) is 0 Å². The molecule has 0 radical (unpaired) electrons. The number of thiocarbonyl (C=S) groups is 1. The Morgan fingerprint density at radius 1 is 0.944 bits per heavy atom. The molecule has 2 aromatic heterocycles. The van der Waals surface area contributed by atoms with Gasteiger partial charge in [-0.3, -0.25) is 4.98 Å². The van der Waals surface area contributed by atoms with E-state index in [0.717, 1.165) is 16.6 Å². The quantitative estimate of drug-likeness (QED) is 0.318. The Bertz CT molecular complexity index is 1370. The van der Waals surface area contributed by atoms with Crippen molar-refractivity contribution in [2.75, 3.05) is 7.11 Å². The van der Waals surface area contributed by atoms with E-state index in [1.807, 2.05) is 30.5 Å². The molecule has 4 aromatic rings. The number of ether oxygens (including phenoxy) is 1. The smallest absolute Gasteiger partial charge is 0.170 e. The molecule has 0 aliphatic carbocycles. The lowest BCUT2D eigenvalue weighted by Gasteiger charge is -2.28. The Kier molecular flexibility index (Phi) is 6.54. The first-order valence-electron chi connectivity index (χ1n) is 12.2. The van der Waals surface area contributed by atoms with Crippen LogP contribution in [0.25, 0.3) is 5.69 Å². The minimum absolute atomic E-state index is 0.000331. The molecule has 5 nitrogen and oxygen atoms in total. The van der Waals surface area contributed by atoms with E-state index in [1.54, 1.807) is 7.11 Å². The fourth-order valence-corrected chi connectivity index (χ4v) is 5.71. The molecule has 6 heteroatoms. The van der Waals surface area contributed by atoms with Gasteiger partial charge in [-0.1, -0.05) is 24.3 Å². The number of hydrogen-bond acceptors (Lipinski definition) is 3. The lowest BCUT2D eigenvalue weighted by molar-refractivity contribution is 0.310. The average Bonchev–Trinajstić information content (AvgIpc) is 3.34. The molecule has 0 saturated carbocycles. The number of pyridine rings is 1. The zero-order valence-corrected chi connectivity index (χ0v) is 22.3. The number of hydrogen-bond donors (Lipinski definition) is 1. The monoisotopic (exact) mass is 496 g/mol. The first-order chi connectivity index (χ1) is 17.4. The van der Waals surface area contributed by atoms with Crippen molar-refractivity contribution in [2.45, 2.75) is 46.3 Å². The van der Waals surface area contributed by atoms with Crippen LogP contribution in [0.5, 0.6) is 5.75 Å². The summed E-state index contributed by atoms with van der Waals surface area (Å²) < 4.78 is 7.71. The Hall–Kier alpha value is -3.64. The largest absolute Gasteiger partial charge is 0.497 e. The van der Waals surface area contributed by atoms with Crippen LogP contribution in [0.3, 0.4) is 0 Å². The molecule has 0 amide bonds. The van der Waals surface area contributed by atoms with Gasteiger partial charge in [0.25, 0.3) is 0 Å². The first-order valence-corrected chi connectivity index (χ1v) is 12.6. The highest BCUT2D eigenvalue weighted by atomic mass is 32.1. The zero-order chi connectivity index (χ0) is 25.4. The Labute approximate surface area is 218 Å². The maximum Gasteiger partial charge on any atom is 0.170 e. The molecule has 0 unspecified atom stereocenters. The van der Waals surface area contributed by atoms with Crippen molar-refractivity contribution in [1.82, 2.24) is 19.8 Å². The molecule has 3 heterocycles. The number of nitrogens with zero attached hydrogens (tertiary/aromatic N) is 3. The molecule has 2 atom stereocenters. The summed E-state index contributed by atoms with van der Waals surface area (Å²) in [5.74, 6) is 0.848. The molecule has 1 aliphatic heterocycles. The van der Waals surface area contributed by atoms with Gasteiger partial charge in [-0.2, -0.15) is 0 Å². The Morgan fingerprint density at radius 2 is 1.67 bits per heavy atom. The normalized spacial score (nSPS) is 17.4. The average molecular weight is 497 g/mol. The number of aromatic nitrogens is 2. The van der Waals surface area contributed by atoms with Crippen LogP contribution in [0.1, 0.15) is 51.4 Å². The van der Waals surface area contributed by atoms with Gasteiger partial charge in [0.05, 0.1) is 24.9 Å². The minimum Gasteiger partial charge on any atom is -0.497 e. The van der Waals surface area contributed by atoms with Gasteiger partial charge < -0.3 is 19.5 Å². The second-order valence-corrected chi connectivity index (χ2v) is 10.00. The molecule has 0 spiro atoms. The van der Waals surface area contributed by atoms with Crippen molar-refractivity contribution in [3.05, 3.63) is 112 Å². The lowest BCUT2D eigenvalue weighted by Crippen LogP contribution is -2.29. The van der Waals surface area contributed by atoms with Gasteiger partial charge in [0.2, 0.25) is 0 Å². The highest BCUT2D eigenvalue weighted by molar-refractivity contribution is 7.80. The lowest BCUT2D eigenvalue weighted by atomic mass is 9.96. The number of aryl methyl sites for hydroxylation is 3. The topological polar surface area (TPSA) is 42.3 Å². The SMILES string of the molecule is COc1ccc(CN2C(=S)N[C@@H](c3ccccn3)[C@@H]2c2cc(C)n(-c3cc(C)cc(C)c3)c2C)cc1. The van der Waals surface area contributed by atoms with Gasteiger partial charge in [0.1, 0.15) is 5.75 Å². The van der Waals surface area contributed by atoms with Crippen LogP contribution in [0.15, 0.2) is 72.9 Å². The standard InChI is InChI=1S/C30H32N4OS/c1-19-14-20(2)16-24(15-19)34-21(3)17-26(22(34)4)29-28(27-8-6-7-13-31-27)32-30(36)33(29)18-23-9-11-25(35-5)12-10-23/h6-17,28-29H,18H2,1-5H3,(H,32,36)/t28-,29-/m0/s1. The molecule has 1 aliphatic rings. The summed E-state index contributed by atoms with van der Waals surface area (Å²) >= 11 is 5.91. The minimum atomic E-state index is -0.0508. The highest BCUT2D eigenvalue weighted by Crippen LogP contribution is 2.42. The predicted molar refractivity (Wildman–Crippen MR) is 149 cm³/mol. The van der Waals surface area contributed by atoms with Gasteiger partial charge in [-0.15, -0.1) is 0 Å². The van der Waals surface area contributed by atoms with Crippen molar-refractivity contribution in [1.29, 1.82) is 0 Å². The Morgan fingerprint density at radius 3 is 2.31 bits per heavy atom. The van der Waals surface area contributed by atoms with Gasteiger partial charge in [0.15, 0.2) is 5.11 Å². The van der Waals surface area contributed by atoms with Crippen LogP contribution in [-0.2, 0) is 6.54 Å². The molecule has 2 aromatic carbocycles. The van der Waals surface area contributed by atoms with Crippen molar-refractivity contribution >= 4 is 17.3 Å². The number of nitrogens with one attached hydrogen (secondary N) is 1. The predicted octanol–water partition coefficient (Wildman–Crippen LogP) is 6.29. The van der Waals surface area contributed by atoms with Crippen molar-refractivity contribution in [2.24, 2.45) is 0 Å². The fourth-order valence-electron chi connectivity index (χ4n) is 5.41. The van der Waals surface area contributed by atoms with E-state index in [1.165, 1.54) is 39.3 Å². The molecule has 1 saturated heterocycles. The van der Waals surface area contributed by atoms with Crippen LogP contribution in [-0.4, -0.2) is 26.7 Å². The summed E-state index contributed by atoms with van der Waals surface area (Å²) in [6.07, 6.45) is 1.85. The highest BCUT2D eigenvalue weighted by Gasteiger charge is 2.41. The van der Waals surface area contributed by atoms with Crippen molar-refractivity contribution in [3.8, 4) is 11.4 Å². The number of methoxy groups -OCH3 is 1. The number of benzene rings is 2. The summed E-state index contributed by atoms with van der Waals surface area (Å²) in [5, 5.41) is 4.33. The van der Waals surface area contributed by atoms with Crippen LogP contribution in [0.4, 0.5) is 0 Å². The Balaban J connectivity index is 1.61. The zero-order valence-electron chi connectivity index (χ0n) is 21.4. The third kappa shape index (κ3) is 4.49. The summed E-state index contributed by atoms with van der Waals surface area (Å²) in [6.45, 7) is 9.38. The molecular weight excluding hydrogens is 464 g/mol. The van der Waals surface area contributed by atoms with E-state index in [0.29, 0.717) is 6.54 Å². The van der Waals surface area contributed by atoms with Gasteiger partial charge in [-0.05, 0) is 105 Å². The molecule has 1 N–H and O–H groups in total. The molecule has 5 rings (SSSR count). The van der Waals surface area contributed by atoms with Gasteiger partial charge >= 0.3 is 0 Å².